The topological polar surface area (TPSA) is 90.0 Å². The van der Waals surface area contributed by atoms with Crippen LogP contribution in [0.2, 0.25) is 0 Å². The maximum absolute atomic E-state index is 11.4. The van der Waals surface area contributed by atoms with E-state index in [0.29, 0.717) is 13.0 Å². The zero-order valence-electron chi connectivity index (χ0n) is 8.68. The van der Waals surface area contributed by atoms with Crippen LogP contribution in [0.3, 0.4) is 0 Å². The van der Waals surface area contributed by atoms with Gasteiger partial charge in [-0.15, -0.1) is 0 Å². The van der Waals surface area contributed by atoms with Crippen LogP contribution in [-0.4, -0.2) is 30.5 Å². The van der Waals surface area contributed by atoms with E-state index in [-0.39, 0.29) is 12.3 Å². The molecule has 0 amide bonds. The largest absolute Gasteiger partial charge is 0.330 e. The summed E-state index contributed by atoms with van der Waals surface area (Å²) in [5, 5.41) is 3.94. The molecule has 0 aliphatic rings. The van der Waals surface area contributed by atoms with Gasteiger partial charge in [-0.3, -0.25) is 4.68 Å². The molecule has 0 saturated carbocycles. The van der Waals surface area contributed by atoms with Crippen LogP contribution >= 0.6 is 0 Å². The fraction of sp³-hybridized carbons (Fsp3) is 0.625. The van der Waals surface area contributed by atoms with Gasteiger partial charge in [0.05, 0.1) is 18.0 Å². The predicted octanol–water partition coefficient (Wildman–Crippen LogP) is -0.812. The highest BCUT2D eigenvalue weighted by molar-refractivity contribution is 7.89. The highest BCUT2D eigenvalue weighted by atomic mass is 32.2. The summed E-state index contributed by atoms with van der Waals surface area (Å²) in [7, 11) is -1.44. The Bertz CT molecular complexity index is 399. The molecule has 6 nitrogen and oxygen atoms in total. The Hall–Kier alpha value is -0.920. The lowest BCUT2D eigenvalue weighted by Gasteiger charge is -2.05. The molecule has 0 unspecified atom stereocenters. The van der Waals surface area contributed by atoms with E-state index in [1.807, 2.05) is 0 Å². The fourth-order valence-corrected chi connectivity index (χ4v) is 2.16. The molecule has 0 spiro atoms. The van der Waals surface area contributed by atoms with Crippen molar-refractivity contribution in [3.8, 4) is 0 Å². The van der Waals surface area contributed by atoms with Gasteiger partial charge in [-0.1, -0.05) is 0 Å². The second kappa shape index (κ2) is 5.24. The Kier molecular flexibility index (Phi) is 4.25. The number of hydrogen-bond donors (Lipinski definition) is 2. The van der Waals surface area contributed by atoms with E-state index in [1.165, 1.54) is 0 Å². The molecular formula is C8H16N4O2S. The zero-order chi connectivity index (χ0) is 11.3. The van der Waals surface area contributed by atoms with Gasteiger partial charge >= 0.3 is 0 Å². The zero-order valence-corrected chi connectivity index (χ0v) is 9.50. The van der Waals surface area contributed by atoms with Crippen molar-refractivity contribution < 1.29 is 8.42 Å². The van der Waals surface area contributed by atoms with E-state index in [4.69, 9.17) is 5.73 Å². The van der Waals surface area contributed by atoms with E-state index in [9.17, 15) is 8.42 Å². The van der Waals surface area contributed by atoms with Crippen LogP contribution < -0.4 is 10.5 Å². The molecule has 1 heterocycles. The normalized spacial score (nSPS) is 11.9. The molecule has 1 aromatic heterocycles. The van der Waals surface area contributed by atoms with Crippen molar-refractivity contribution in [2.75, 3.05) is 12.3 Å². The standard InChI is InChI=1S/C8H16N4O2S/c1-12-8(3-5-10-12)7-11-15(13,14)6-2-4-9/h3,5,11H,2,4,6-7,9H2,1H3. The molecule has 0 aliphatic heterocycles. The van der Waals surface area contributed by atoms with Crippen LogP contribution in [0.4, 0.5) is 0 Å². The molecule has 0 aliphatic carbocycles. The van der Waals surface area contributed by atoms with Crippen molar-refractivity contribution in [1.82, 2.24) is 14.5 Å². The predicted molar refractivity (Wildman–Crippen MR) is 57.5 cm³/mol. The first kappa shape index (κ1) is 12.2. The third-order valence-corrected chi connectivity index (χ3v) is 3.42. The maximum Gasteiger partial charge on any atom is 0.211 e. The van der Waals surface area contributed by atoms with Gasteiger partial charge in [0.25, 0.3) is 0 Å². The lowest BCUT2D eigenvalue weighted by atomic mass is 10.4. The van der Waals surface area contributed by atoms with Gasteiger partial charge in [0.1, 0.15) is 0 Å². The smallest absolute Gasteiger partial charge is 0.211 e. The minimum atomic E-state index is -3.21. The number of nitrogens with zero attached hydrogens (tertiary/aromatic N) is 2. The van der Waals surface area contributed by atoms with Crippen molar-refractivity contribution in [2.24, 2.45) is 12.8 Å². The van der Waals surface area contributed by atoms with E-state index < -0.39 is 10.0 Å². The van der Waals surface area contributed by atoms with Gasteiger partial charge in [-0.05, 0) is 19.0 Å². The van der Waals surface area contributed by atoms with Gasteiger partial charge in [0, 0.05) is 13.2 Å². The molecule has 0 atom stereocenters. The molecular weight excluding hydrogens is 216 g/mol. The Balaban J connectivity index is 2.46. The number of hydrogen-bond acceptors (Lipinski definition) is 4. The highest BCUT2D eigenvalue weighted by Crippen LogP contribution is 1.97. The molecule has 15 heavy (non-hydrogen) atoms. The van der Waals surface area contributed by atoms with E-state index >= 15 is 0 Å². The minimum Gasteiger partial charge on any atom is -0.330 e. The van der Waals surface area contributed by atoms with Crippen molar-refractivity contribution in [3.05, 3.63) is 18.0 Å². The highest BCUT2D eigenvalue weighted by Gasteiger charge is 2.09. The Morgan fingerprint density at radius 2 is 2.33 bits per heavy atom. The summed E-state index contributed by atoms with van der Waals surface area (Å²) < 4.78 is 26.9. The third kappa shape index (κ3) is 3.98. The van der Waals surface area contributed by atoms with Gasteiger partial charge in [0.15, 0.2) is 0 Å². The second-order valence-electron chi connectivity index (χ2n) is 3.23. The number of nitrogens with one attached hydrogen (secondary N) is 1. The molecule has 0 fully saturated rings. The van der Waals surface area contributed by atoms with Crippen molar-refractivity contribution in [3.63, 3.8) is 0 Å². The van der Waals surface area contributed by atoms with Crippen LogP contribution in [0.1, 0.15) is 12.1 Å². The summed E-state index contributed by atoms with van der Waals surface area (Å²) >= 11 is 0. The molecule has 0 radical (unpaired) electrons. The molecule has 0 saturated heterocycles. The van der Waals surface area contributed by atoms with E-state index in [0.717, 1.165) is 5.69 Å². The first-order valence-electron chi connectivity index (χ1n) is 4.69. The molecule has 86 valence electrons. The van der Waals surface area contributed by atoms with E-state index in [2.05, 4.69) is 9.82 Å². The molecule has 0 bridgehead atoms. The van der Waals surface area contributed by atoms with Gasteiger partial charge in [-0.25, -0.2) is 13.1 Å². The number of aryl methyl sites for hydroxylation is 1. The number of nitrogens with two attached hydrogens (primary N) is 1. The first-order valence-corrected chi connectivity index (χ1v) is 6.34. The van der Waals surface area contributed by atoms with Gasteiger partial charge in [0.2, 0.25) is 10.0 Å². The Morgan fingerprint density at radius 3 is 2.87 bits per heavy atom. The summed E-state index contributed by atoms with van der Waals surface area (Å²) in [4.78, 5) is 0. The summed E-state index contributed by atoms with van der Waals surface area (Å²) in [6, 6.07) is 1.77. The molecule has 1 aromatic rings. The van der Waals surface area contributed by atoms with Crippen LogP contribution in [0.5, 0.6) is 0 Å². The number of aromatic nitrogens is 2. The maximum atomic E-state index is 11.4. The third-order valence-electron chi connectivity index (χ3n) is 2.01. The van der Waals surface area contributed by atoms with Gasteiger partial charge < -0.3 is 5.73 Å². The summed E-state index contributed by atoms with van der Waals surface area (Å²) in [5.74, 6) is 0.0708. The van der Waals surface area contributed by atoms with Crippen LogP contribution in [-0.2, 0) is 23.6 Å². The SMILES string of the molecule is Cn1nccc1CNS(=O)(=O)CCCN. The van der Waals surface area contributed by atoms with Crippen molar-refractivity contribution in [1.29, 1.82) is 0 Å². The molecule has 1 rings (SSSR count). The van der Waals surface area contributed by atoms with Crippen LogP contribution in [0.15, 0.2) is 12.3 Å². The quantitative estimate of drug-likeness (QED) is 0.671. The molecule has 7 heteroatoms. The molecule has 0 aromatic carbocycles. The minimum absolute atomic E-state index is 0.0708. The summed E-state index contributed by atoms with van der Waals surface area (Å²) in [6.07, 6.45) is 2.10. The van der Waals surface area contributed by atoms with Crippen molar-refractivity contribution >= 4 is 10.0 Å². The lowest BCUT2D eigenvalue weighted by molar-refractivity contribution is 0.575. The lowest BCUT2D eigenvalue weighted by Crippen LogP contribution is -2.27. The average Bonchev–Trinajstić information content (AvgIpc) is 2.58. The number of rotatable bonds is 6. The van der Waals surface area contributed by atoms with Crippen LogP contribution in [0.25, 0.3) is 0 Å². The average molecular weight is 232 g/mol. The Labute approximate surface area is 89.5 Å². The summed E-state index contributed by atoms with van der Waals surface area (Å²) in [5.41, 5.74) is 6.07. The molecule has 3 N–H and O–H groups in total. The summed E-state index contributed by atoms with van der Waals surface area (Å²) in [6.45, 7) is 0.649. The van der Waals surface area contributed by atoms with Gasteiger partial charge in [-0.2, -0.15) is 5.10 Å². The number of sulfonamides is 1. The van der Waals surface area contributed by atoms with E-state index in [1.54, 1.807) is 24.0 Å². The Morgan fingerprint density at radius 1 is 1.60 bits per heavy atom. The van der Waals surface area contributed by atoms with Crippen LogP contribution in [0, 0.1) is 0 Å². The first-order chi connectivity index (χ1) is 7.05. The van der Waals surface area contributed by atoms with Crippen molar-refractivity contribution in [2.45, 2.75) is 13.0 Å². The second-order valence-corrected chi connectivity index (χ2v) is 5.15. The monoisotopic (exact) mass is 232 g/mol. The fourth-order valence-electron chi connectivity index (χ4n) is 1.10.